The molecule has 0 radical (unpaired) electrons. The average molecular weight is 635 g/mol. The molecule has 0 bridgehead atoms. The average Bonchev–Trinajstić information content (AvgIpc) is 3.08. The van der Waals surface area contributed by atoms with E-state index in [2.05, 4.69) is 32.1 Å². The highest BCUT2D eigenvalue weighted by Crippen LogP contribution is 2.22. The molecule has 47 heavy (non-hydrogen) atoms. The molecule has 0 saturated heterocycles. The molecule has 5 rings (SSSR count). The smallest absolute Gasteiger partial charge is 0.343 e. The molecule has 0 N–H and O–H groups in total. The number of benzene rings is 4. The number of carbonyl (C=O) groups excluding carboxylic acids is 2. The van der Waals surface area contributed by atoms with Crippen LogP contribution < -0.4 is 23.7 Å². The van der Waals surface area contributed by atoms with Crippen molar-refractivity contribution in [1.82, 2.24) is 0 Å². The first-order valence-electron chi connectivity index (χ1n) is 15.5. The third-order valence-electron chi connectivity index (χ3n) is 7.32. The normalized spacial score (nSPS) is 15.3. The van der Waals surface area contributed by atoms with Crippen molar-refractivity contribution < 1.29 is 38.0 Å². The van der Waals surface area contributed by atoms with Crippen LogP contribution in [0.1, 0.15) is 40.1 Å². The lowest BCUT2D eigenvalue weighted by Crippen LogP contribution is -2.23. The fourth-order valence-electron chi connectivity index (χ4n) is 4.77. The maximum atomic E-state index is 12.7. The van der Waals surface area contributed by atoms with Crippen LogP contribution in [0.25, 0.3) is 0 Å². The molecule has 1 aliphatic carbocycles. The van der Waals surface area contributed by atoms with Crippen LogP contribution >= 0.6 is 0 Å². The molecular weight excluding hydrogens is 596 g/mol. The molecule has 0 fully saturated rings. The van der Waals surface area contributed by atoms with Gasteiger partial charge >= 0.3 is 11.9 Å². The maximum Gasteiger partial charge on any atom is 0.343 e. The molecule has 0 amide bonds. The lowest BCUT2D eigenvalue weighted by Gasteiger charge is -2.22. The van der Waals surface area contributed by atoms with E-state index >= 15 is 0 Å². The summed E-state index contributed by atoms with van der Waals surface area (Å²) in [6.45, 7) is 7.86. The predicted octanol–water partition coefficient (Wildman–Crippen LogP) is 7.81. The summed E-state index contributed by atoms with van der Waals surface area (Å²) in [5, 5.41) is 0. The van der Waals surface area contributed by atoms with Crippen LogP contribution in [0.5, 0.6) is 28.7 Å². The van der Waals surface area contributed by atoms with Gasteiger partial charge in [0.2, 0.25) is 0 Å². The van der Waals surface area contributed by atoms with E-state index < -0.39 is 11.9 Å². The minimum Gasteiger partial charge on any atom is -0.491 e. The molecule has 0 saturated carbocycles. The van der Waals surface area contributed by atoms with E-state index in [1.54, 1.807) is 48.5 Å². The maximum absolute atomic E-state index is 12.7. The summed E-state index contributed by atoms with van der Waals surface area (Å²) in [6.07, 6.45) is 6.38. The molecule has 1 aliphatic rings. The van der Waals surface area contributed by atoms with Gasteiger partial charge in [-0.25, -0.2) is 9.59 Å². The summed E-state index contributed by atoms with van der Waals surface area (Å²) in [5.74, 6) is 2.02. The molecular formula is C39H38O8. The van der Waals surface area contributed by atoms with Gasteiger partial charge in [0.05, 0.1) is 23.8 Å². The van der Waals surface area contributed by atoms with Crippen molar-refractivity contribution >= 4 is 11.9 Å². The first kappa shape index (κ1) is 33.0. The SMILES string of the molecule is CC1=CC(C)C(OCCOc2ccc(OC(=O)c3ccc(C(=O)Oc4ccc(OCCOc5ccc(C)cc5)cc4)cc3)cc2)C=C1. The Morgan fingerprint density at radius 1 is 0.553 bits per heavy atom. The molecule has 0 aliphatic heterocycles. The molecule has 0 spiro atoms. The van der Waals surface area contributed by atoms with Crippen LogP contribution in [0.4, 0.5) is 0 Å². The Morgan fingerprint density at radius 3 is 1.40 bits per heavy atom. The van der Waals surface area contributed by atoms with Crippen molar-refractivity contribution in [3.63, 3.8) is 0 Å². The monoisotopic (exact) mass is 634 g/mol. The zero-order chi connectivity index (χ0) is 33.0. The number of hydrogen-bond acceptors (Lipinski definition) is 8. The third kappa shape index (κ3) is 10.1. The third-order valence-corrected chi connectivity index (χ3v) is 7.32. The van der Waals surface area contributed by atoms with E-state index in [0.717, 1.165) is 5.75 Å². The van der Waals surface area contributed by atoms with Gasteiger partial charge in [0.1, 0.15) is 48.6 Å². The minimum atomic E-state index is -0.553. The number of ether oxygens (including phenoxy) is 6. The number of aryl methyl sites for hydroxylation is 1. The highest BCUT2D eigenvalue weighted by Gasteiger charge is 2.16. The molecule has 8 heteroatoms. The Kier molecular flexibility index (Phi) is 11.4. The molecule has 2 unspecified atom stereocenters. The Labute approximate surface area is 275 Å². The number of carbonyl (C=O) groups is 2. The zero-order valence-electron chi connectivity index (χ0n) is 26.7. The van der Waals surface area contributed by atoms with E-state index in [0.29, 0.717) is 66.5 Å². The Morgan fingerprint density at radius 2 is 0.957 bits per heavy atom. The van der Waals surface area contributed by atoms with Gasteiger partial charge in [0, 0.05) is 5.92 Å². The number of rotatable bonds is 14. The summed E-state index contributed by atoms with van der Waals surface area (Å²) >= 11 is 0. The van der Waals surface area contributed by atoms with Crippen LogP contribution in [0.15, 0.2) is 121 Å². The summed E-state index contributed by atoms with van der Waals surface area (Å²) in [4.78, 5) is 25.3. The lowest BCUT2D eigenvalue weighted by atomic mass is 9.96. The van der Waals surface area contributed by atoms with Crippen molar-refractivity contribution in [3.8, 4) is 28.7 Å². The topological polar surface area (TPSA) is 89.5 Å². The summed E-state index contributed by atoms with van der Waals surface area (Å²) < 4.78 is 34.0. The van der Waals surface area contributed by atoms with Crippen molar-refractivity contribution in [1.29, 1.82) is 0 Å². The van der Waals surface area contributed by atoms with Gasteiger partial charge in [-0.3, -0.25) is 0 Å². The zero-order valence-corrected chi connectivity index (χ0v) is 26.7. The second kappa shape index (κ2) is 16.3. The fourth-order valence-corrected chi connectivity index (χ4v) is 4.77. The summed E-state index contributed by atoms with van der Waals surface area (Å²) in [5.41, 5.74) is 3.00. The van der Waals surface area contributed by atoms with Gasteiger partial charge in [-0.2, -0.15) is 0 Å². The van der Waals surface area contributed by atoms with Crippen LogP contribution in [-0.4, -0.2) is 44.5 Å². The van der Waals surface area contributed by atoms with Crippen molar-refractivity contribution in [3.05, 3.63) is 138 Å². The van der Waals surface area contributed by atoms with Crippen LogP contribution in [0.2, 0.25) is 0 Å². The first-order valence-corrected chi connectivity index (χ1v) is 15.5. The second-order valence-corrected chi connectivity index (χ2v) is 11.1. The van der Waals surface area contributed by atoms with Crippen LogP contribution in [0, 0.1) is 12.8 Å². The molecule has 4 aromatic carbocycles. The number of esters is 2. The number of hydrogen-bond donors (Lipinski definition) is 0. The summed E-state index contributed by atoms with van der Waals surface area (Å²) in [6, 6.07) is 27.4. The molecule has 8 nitrogen and oxygen atoms in total. The first-order chi connectivity index (χ1) is 22.8. The molecule has 2 atom stereocenters. The number of allylic oxidation sites excluding steroid dienone is 2. The van der Waals surface area contributed by atoms with Gasteiger partial charge in [0.25, 0.3) is 0 Å². The van der Waals surface area contributed by atoms with Gasteiger partial charge < -0.3 is 28.4 Å². The molecule has 4 aromatic rings. The Balaban J connectivity index is 1.01. The van der Waals surface area contributed by atoms with Gasteiger partial charge in [-0.15, -0.1) is 0 Å². The minimum absolute atomic E-state index is 0.0451. The standard InChI is InChI=1S/C39H38O8/c1-27-4-11-32(12-5-27)42-22-23-43-33-13-17-35(18-14-33)46-38(40)30-7-9-31(10-8-30)39(41)47-36-19-15-34(16-20-36)44-24-25-45-37-21-6-28(2)26-29(37)3/h4-21,26,29,37H,22-25H2,1-3H3. The van der Waals surface area contributed by atoms with E-state index in [4.69, 9.17) is 28.4 Å². The van der Waals surface area contributed by atoms with Crippen molar-refractivity contribution in [2.45, 2.75) is 26.9 Å². The van der Waals surface area contributed by atoms with Gasteiger partial charge in [-0.1, -0.05) is 48.4 Å². The fraction of sp³-hybridized carbons (Fsp3) is 0.231. The van der Waals surface area contributed by atoms with Crippen LogP contribution in [0.3, 0.4) is 0 Å². The second-order valence-electron chi connectivity index (χ2n) is 11.1. The van der Waals surface area contributed by atoms with E-state index in [1.165, 1.54) is 35.4 Å². The molecule has 0 heterocycles. The largest absolute Gasteiger partial charge is 0.491 e. The predicted molar refractivity (Wildman–Crippen MR) is 179 cm³/mol. The van der Waals surface area contributed by atoms with Crippen LogP contribution in [-0.2, 0) is 4.74 Å². The van der Waals surface area contributed by atoms with E-state index in [1.807, 2.05) is 31.2 Å². The molecule has 0 aromatic heterocycles. The van der Waals surface area contributed by atoms with Crippen molar-refractivity contribution in [2.75, 3.05) is 26.4 Å². The Hall–Kier alpha value is -5.34. The van der Waals surface area contributed by atoms with E-state index in [-0.39, 0.29) is 6.10 Å². The lowest BCUT2D eigenvalue weighted by molar-refractivity contribution is 0.0411. The molecule has 242 valence electrons. The van der Waals surface area contributed by atoms with Gasteiger partial charge in [0.15, 0.2) is 0 Å². The summed E-state index contributed by atoms with van der Waals surface area (Å²) in [7, 11) is 0. The highest BCUT2D eigenvalue weighted by molar-refractivity contribution is 5.94. The van der Waals surface area contributed by atoms with Crippen molar-refractivity contribution in [2.24, 2.45) is 5.92 Å². The van der Waals surface area contributed by atoms with Gasteiger partial charge in [-0.05, 0) is 98.8 Å². The highest BCUT2D eigenvalue weighted by atomic mass is 16.5. The quantitative estimate of drug-likeness (QED) is 0.0789. The Bertz CT molecular complexity index is 1670. The van der Waals surface area contributed by atoms with E-state index in [9.17, 15) is 9.59 Å².